The molecule has 0 saturated heterocycles. The first-order valence-electron chi connectivity index (χ1n) is 5.92. The van der Waals surface area contributed by atoms with Crippen molar-refractivity contribution in [3.8, 4) is 5.75 Å². The Kier molecular flexibility index (Phi) is 5.02. The number of pyridine rings is 1. The van der Waals surface area contributed by atoms with Gasteiger partial charge in [-0.3, -0.25) is 10.4 Å². The van der Waals surface area contributed by atoms with Crippen LogP contribution in [0.2, 0.25) is 0 Å². The normalized spacial score (nSPS) is 10.2. The molecule has 1 aromatic carbocycles. The third-order valence-electron chi connectivity index (χ3n) is 2.39. The second kappa shape index (κ2) is 7.20. The van der Waals surface area contributed by atoms with E-state index < -0.39 is 0 Å². The van der Waals surface area contributed by atoms with E-state index in [9.17, 15) is 0 Å². The highest BCUT2D eigenvalue weighted by Gasteiger charge is 1.97. The van der Waals surface area contributed by atoms with Gasteiger partial charge in [-0.1, -0.05) is 12.1 Å². The summed E-state index contributed by atoms with van der Waals surface area (Å²) in [7, 11) is 1.62. The van der Waals surface area contributed by atoms with Gasteiger partial charge in [0.25, 0.3) is 0 Å². The monoisotopic (exact) mass is 286 g/mol. The second-order valence-corrected chi connectivity index (χ2v) is 4.25. The third-order valence-corrected chi connectivity index (χ3v) is 2.59. The zero-order valence-corrected chi connectivity index (χ0v) is 11.7. The van der Waals surface area contributed by atoms with Crippen molar-refractivity contribution in [2.45, 2.75) is 0 Å². The Morgan fingerprint density at radius 2 is 2.25 bits per heavy atom. The van der Waals surface area contributed by atoms with Crippen molar-refractivity contribution in [2.24, 2.45) is 5.10 Å². The molecular formula is C14H14N4OS. The van der Waals surface area contributed by atoms with Gasteiger partial charge in [-0.05, 0) is 30.4 Å². The lowest BCUT2D eigenvalue weighted by molar-refractivity contribution is 0.415. The van der Waals surface area contributed by atoms with Crippen LogP contribution in [-0.4, -0.2) is 23.4 Å². The van der Waals surface area contributed by atoms with Crippen LogP contribution in [0.4, 0.5) is 5.69 Å². The zero-order chi connectivity index (χ0) is 14.2. The summed E-state index contributed by atoms with van der Waals surface area (Å²) in [4.78, 5) is 3.99. The fraction of sp³-hybridized carbons (Fsp3) is 0.0714. The van der Waals surface area contributed by atoms with Crippen molar-refractivity contribution in [1.82, 2.24) is 10.4 Å². The van der Waals surface area contributed by atoms with E-state index in [-0.39, 0.29) is 0 Å². The number of rotatable bonds is 4. The lowest BCUT2D eigenvalue weighted by Gasteiger charge is -2.08. The van der Waals surface area contributed by atoms with Crippen LogP contribution in [0, 0.1) is 0 Å². The average Bonchev–Trinajstić information content (AvgIpc) is 2.48. The minimum absolute atomic E-state index is 0.401. The first-order chi connectivity index (χ1) is 9.78. The first-order valence-corrected chi connectivity index (χ1v) is 6.33. The van der Waals surface area contributed by atoms with Crippen LogP contribution in [0.5, 0.6) is 5.75 Å². The van der Waals surface area contributed by atoms with Crippen molar-refractivity contribution in [1.29, 1.82) is 0 Å². The number of nitrogens with one attached hydrogen (secondary N) is 2. The van der Waals surface area contributed by atoms with Gasteiger partial charge in [0.2, 0.25) is 0 Å². The molecule has 5 nitrogen and oxygen atoms in total. The smallest absolute Gasteiger partial charge is 0.191 e. The van der Waals surface area contributed by atoms with Gasteiger partial charge in [0, 0.05) is 29.7 Å². The third kappa shape index (κ3) is 4.33. The predicted octanol–water partition coefficient (Wildman–Crippen LogP) is 2.41. The quantitative estimate of drug-likeness (QED) is 0.513. The van der Waals surface area contributed by atoms with Crippen LogP contribution in [0.25, 0.3) is 0 Å². The lowest BCUT2D eigenvalue weighted by atomic mass is 10.3. The fourth-order valence-electron chi connectivity index (χ4n) is 1.48. The summed E-state index contributed by atoms with van der Waals surface area (Å²) in [6.45, 7) is 0. The number of hydrogen-bond donors (Lipinski definition) is 2. The minimum atomic E-state index is 0.401. The summed E-state index contributed by atoms with van der Waals surface area (Å²) in [5.74, 6) is 0.761. The molecule has 2 N–H and O–H groups in total. The number of benzene rings is 1. The van der Waals surface area contributed by atoms with E-state index >= 15 is 0 Å². The highest BCUT2D eigenvalue weighted by molar-refractivity contribution is 7.80. The van der Waals surface area contributed by atoms with Crippen LogP contribution in [-0.2, 0) is 0 Å². The van der Waals surface area contributed by atoms with Gasteiger partial charge >= 0.3 is 0 Å². The van der Waals surface area contributed by atoms with Gasteiger partial charge in [-0.15, -0.1) is 0 Å². The highest BCUT2D eigenvalue weighted by atomic mass is 32.1. The molecule has 0 saturated carbocycles. The van der Waals surface area contributed by atoms with E-state index in [1.54, 1.807) is 25.7 Å². The van der Waals surface area contributed by atoms with E-state index in [4.69, 9.17) is 17.0 Å². The molecule has 2 rings (SSSR count). The van der Waals surface area contributed by atoms with Crippen LogP contribution < -0.4 is 15.5 Å². The number of anilines is 1. The molecule has 20 heavy (non-hydrogen) atoms. The maximum atomic E-state index is 5.14. The Morgan fingerprint density at radius 1 is 1.35 bits per heavy atom. The number of ether oxygens (including phenoxy) is 1. The molecule has 1 aromatic heterocycles. The van der Waals surface area contributed by atoms with Crippen LogP contribution >= 0.6 is 12.2 Å². The molecule has 6 heteroatoms. The lowest BCUT2D eigenvalue weighted by Crippen LogP contribution is -2.23. The summed E-state index contributed by atoms with van der Waals surface area (Å²) in [6, 6.07) is 11.2. The zero-order valence-electron chi connectivity index (χ0n) is 10.9. The Balaban J connectivity index is 1.88. The van der Waals surface area contributed by atoms with Crippen LogP contribution in [0.1, 0.15) is 5.56 Å². The van der Waals surface area contributed by atoms with Crippen LogP contribution in [0.15, 0.2) is 53.9 Å². The van der Waals surface area contributed by atoms with Gasteiger partial charge in [0.15, 0.2) is 5.11 Å². The number of methoxy groups -OCH3 is 1. The van der Waals surface area contributed by atoms with Gasteiger partial charge in [-0.2, -0.15) is 5.10 Å². The minimum Gasteiger partial charge on any atom is -0.497 e. The van der Waals surface area contributed by atoms with Crippen molar-refractivity contribution in [3.63, 3.8) is 0 Å². The van der Waals surface area contributed by atoms with E-state index in [0.29, 0.717) is 5.11 Å². The van der Waals surface area contributed by atoms with Crippen molar-refractivity contribution < 1.29 is 4.74 Å². The molecule has 102 valence electrons. The average molecular weight is 286 g/mol. The standard InChI is InChI=1S/C14H14N4OS/c1-19-13-6-2-5-12(8-13)17-14(20)18-16-10-11-4-3-7-15-9-11/h2-10H,1H3,(H2,17,18,20)/b16-10+. The molecule has 1 heterocycles. The molecule has 0 amide bonds. The molecule has 0 unspecified atom stereocenters. The summed E-state index contributed by atoms with van der Waals surface area (Å²) in [6.07, 6.45) is 5.07. The van der Waals surface area contributed by atoms with Gasteiger partial charge in [-0.25, -0.2) is 0 Å². The van der Waals surface area contributed by atoms with E-state index in [0.717, 1.165) is 17.0 Å². The van der Waals surface area contributed by atoms with E-state index in [2.05, 4.69) is 20.8 Å². The number of hydrogen-bond acceptors (Lipinski definition) is 4. The summed E-state index contributed by atoms with van der Waals surface area (Å²) in [5.41, 5.74) is 4.46. The molecule has 2 aromatic rings. The fourth-order valence-corrected chi connectivity index (χ4v) is 1.65. The Bertz CT molecular complexity index is 601. The summed E-state index contributed by atoms with van der Waals surface area (Å²) >= 11 is 5.14. The Hall–Kier alpha value is -2.47. The van der Waals surface area contributed by atoms with Crippen molar-refractivity contribution in [3.05, 3.63) is 54.4 Å². The molecule has 0 radical (unpaired) electrons. The predicted molar refractivity (Wildman–Crippen MR) is 84.2 cm³/mol. The number of hydrazone groups is 1. The topological polar surface area (TPSA) is 58.5 Å². The molecular weight excluding hydrogens is 272 g/mol. The molecule has 0 aliphatic rings. The van der Waals surface area contributed by atoms with Gasteiger partial charge in [0.1, 0.15) is 5.75 Å². The molecule has 0 atom stereocenters. The molecule has 0 fully saturated rings. The number of nitrogens with zero attached hydrogens (tertiary/aromatic N) is 2. The largest absolute Gasteiger partial charge is 0.497 e. The number of thiocarbonyl (C=S) groups is 1. The maximum Gasteiger partial charge on any atom is 0.191 e. The molecule has 0 bridgehead atoms. The number of aromatic nitrogens is 1. The summed E-state index contributed by atoms with van der Waals surface area (Å²) < 4.78 is 5.14. The summed E-state index contributed by atoms with van der Waals surface area (Å²) in [5, 5.41) is 7.45. The SMILES string of the molecule is COc1cccc(NC(=S)N/N=C/c2cccnc2)c1. The maximum absolute atomic E-state index is 5.14. The van der Waals surface area contributed by atoms with E-state index in [1.807, 2.05) is 36.4 Å². The van der Waals surface area contributed by atoms with Crippen molar-refractivity contribution in [2.75, 3.05) is 12.4 Å². The Labute approximate surface area is 122 Å². The van der Waals surface area contributed by atoms with Crippen molar-refractivity contribution >= 4 is 29.2 Å². The Morgan fingerprint density at radius 3 is 3.00 bits per heavy atom. The first kappa shape index (κ1) is 14.0. The molecule has 0 aliphatic heterocycles. The van der Waals surface area contributed by atoms with E-state index in [1.165, 1.54) is 0 Å². The van der Waals surface area contributed by atoms with Gasteiger partial charge < -0.3 is 10.1 Å². The van der Waals surface area contributed by atoms with Gasteiger partial charge in [0.05, 0.1) is 13.3 Å². The molecule has 0 aliphatic carbocycles. The molecule has 0 spiro atoms. The van der Waals surface area contributed by atoms with Crippen LogP contribution in [0.3, 0.4) is 0 Å². The second-order valence-electron chi connectivity index (χ2n) is 3.84. The highest BCUT2D eigenvalue weighted by Crippen LogP contribution is 2.16.